The van der Waals surface area contributed by atoms with Crippen molar-refractivity contribution in [3.05, 3.63) is 76.5 Å². The smallest absolute Gasteiger partial charge is 0.251 e. The van der Waals surface area contributed by atoms with Gasteiger partial charge in [0.05, 0.1) is 13.2 Å². The molecule has 1 aromatic heterocycles. The minimum Gasteiger partial charge on any atom is -0.494 e. The third kappa shape index (κ3) is 4.76. The lowest BCUT2D eigenvalue weighted by atomic mass is 10.2. The number of ether oxygens (including phenoxy) is 1. The Balaban J connectivity index is 1.60. The van der Waals surface area contributed by atoms with Crippen molar-refractivity contribution in [2.75, 3.05) is 6.61 Å². The van der Waals surface area contributed by atoms with E-state index in [1.807, 2.05) is 55.5 Å². The van der Waals surface area contributed by atoms with E-state index >= 15 is 0 Å². The van der Waals surface area contributed by atoms with Gasteiger partial charge in [-0.2, -0.15) is 0 Å². The maximum absolute atomic E-state index is 12.3. The van der Waals surface area contributed by atoms with E-state index in [2.05, 4.69) is 21.2 Å². The summed E-state index contributed by atoms with van der Waals surface area (Å²) in [7, 11) is 0. The summed E-state index contributed by atoms with van der Waals surface area (Å²) in [6.45, 7) is 3.01. The van der Waals surface area contributed by atoms with Crippen molar-refractivity contribution in [3.63, 3.8) is 0 Å². The van der Waals surface area contributed by atoms with E-state index in [-0.39, 0.29) is 5.91 Å². The number of hydrogen-bond acceptors (Lipinski definition) is 3. The van der Waals surface area contributed by atoms with Gasteiger partial charge in [-0.15, -0.1) is 0 Å². The van der Waals surface area contributed by atoms with Crippen LogP contribution in [0.15, 0.2) is 69.6 Å². The van der Waals surface area contributed by atoms with Gasteiger partial charge >= 0.3 is 0 Å². The van der Waals surface area contributed by atoms with Crippen LogP contribution in [0.3, 0.4) is 0 Å². The molecule has 1 heterocycles. The highest BCUT2D eigenvalue weighted by atomic mass is 79.9. The number of nitrogens with one attached hydrogen (secondary N) is 1. The van der Waals surface area contributed by atoms with Crippen LogP contribution in [-0.4, -0.2) is 12.5 Å². The molecule has 1 N–H and O–H groups in total. The van der Waals surface area contributed by atoms with Crippen LogP contribution >= 0.6 is 15.9 Å². The summed E-state index contributed by atoms with van der Waals surface area (Å²) in [6.07, 6.45) is 0.926. The Morgan fingerprint density at radius 3 is 2.69 bits per heavy atom. The van der Waals surface area contributed by atoms with E-state index in [0.29, 0.717) is 30.2 Å². The molecule has 0 saturated carbocycles. The van der Waals surface area contributed by atoms with E-state index in [4.69, 9.17) is 9.15 Å². The van der Waals surface area contributed by atoms with Crippen LogP contribution in [-0.2, 0) is 6.54 Å². The fourth-order valence-corrected chi connectivity index (χ4v) is 2.72. The quantitative estimate of drug-likeness (QED) is 0.561. The maximum Gasteiger partial charge on any atom is 0.251 e. The molecule has 134 valence electrons. The number of rotatable bonds is 7. The van der Waals surface area contributed by atoms with Gasteiger partial charge in [0, 0.05) is 15.6 Å². The molecule has 0 aliphatic heterocycles. The second-order valence-electron chi connectivity index (χ2n) is 5.83. The third-order valence-electron chi connectivity index (χ3n) is 3.78. The Labute approximate surface area is 161 Å². The predicted molar refractivity (Wildman–Crippen MR) is 105 cm³/mol. The number of halogens is 1. The number of carbonyl (C=O) groups is 1. The Bertz CT molecular complexity index is 871. The second-order valence-corrected chi connectivity index (χ2v) is 6.75. The molecule has 0 unspecified atom stereocenters. The van der Waals surface area contributed by atoms with E-state index in [0.717, 1.165) is 22.2 Å². The van der Waals surface area contributed by atoms with Crippen LogP contribution in [0.4, 0.5) is 0 Å². The molecule has 0 bridgehead atoms. The molecule has 0 spiro atoms. The first-order valence-electron chi connectivity index (χ1n) is 8.51. The zero-order valence-electron chi connectivity index (χ0n) is 14.5. The summed E-state index contributed by atoms with van der Waals surface area (Å²) in [5, 5.41) is 2.88. The molecule has 0 radical (unpaired) electrons. The van der Waals surface area contributed by atoms with Crippen LogP contribution < -0.4 is 10.1 Å². The van der Waals surface area contributed by atoms with Gasteiger partial charge in [-0.05, 0) is 48.9 Å². The molecule has 1 amide bonds. The van der Waals surface area contributed by atoms with Crippen LogP contribution in [0.2, 0.25) is 0 Å². The maximum atomic E-state index is 12.3. The summed E-state index contributed by atoms with van der Waals surface area (Å²) in [5.74, 6) is 2.02. The van der Waals surface area contributed by atoms with E-state index in [1.54, 1.807) is 12.1 Å². The van der Waals surface area contributed by atoms with E-state index < -0.39 is 0 Å². The molecule has 3 aromatic rings. The van der Waals surface area contributed by atoms with E-state index in [9.17, 15) is 4.79 Å². The van der Waals surface area contributed by atoms with Gasteiger partial charge < -0.3 is 14.5 Å². The number of carbonyl (C=O) groups excluding carboxylic acids is 1. The standard InChI is InChI=1S/C21H20BrNO3/c1-2-12-25-18-5-3-4-16(13-18)21(24)23-14-19-10-11-20(26-19)15-6-8-17(22)9-7-15/h3-11,13H,2,12,14H2,1H3,(H,23,24). The summed E-state index contributed by atoms with van der Waals surface area (Å²) in [5.41, 5.74) is 1.56. The van der Waals surface area contributed by atoms with Gasteiger partial charge in [-0.25, -0.2) is 0 Å². The Morgan fingerprint density at radius 2 is 1.92 bits per heavy atom. The lowest BCUT2D eigenvalue weighted by Gasteiger charge is -2.07. The number of amides is 1. The molecular weight excluding hydrogens is 394 g/mol. The van der Waals surface area contributed by atoms with Crippen molar-refractivity contribution in [2.24, 2.45) is 0 Å². The minimum absolute atomic E-state index is 0.159. The lowest BCUT2D eigenvalue weighted by molar-refractivity contribution is 0.0947. The molecule has 26 heavy (non-hydrogen) atoms. The van der Waals surface area contributed by atoms with Gasteiger partial charge in [0.1, 0.15) is 17.3 Å². The van der Waals surface area contributed by atoms with Gasteiger partial charge in [0.25, 0.3) is 5.91 Å². The fraction of sp³-hybridized carbons (Fsp3) is 0.190. The van der Waals surface area contributed by atoms with Gasteiger partial charge in [-0.3, -0.25) is 4.79 Å². The minimum atomic E-state index is -0.159. The van der Waals surface area contributed by atoms with Crippen molar-refractivity contribution < 1.29 is 13.9 Å². The normalized spacial score (nSPS) is 10.5. The van der Waals surface area contributed by atoms with Crippen molar-refractivity contribution in [2.45, 2.75) is 19.9 Å². The summed E-state index contributed by atoms with van der Waals surface area (Å²) in [4.78, 5) is 12.3. The Morgan fingerprint density at radius 1 is 1.12 bits per heavy atom. The average molecular weight is 414 g/mol. The molecule has 4 nitrogen and oxygen atoms in total. The third-order valence-corrected chi connectivity index (χ3v) is 4.31. The largest absolute Gasteiger partial charge is 0.494 e. The van der Waals surface area contributed by atoms with Crippen LogP contribution in [0.25, 0.3) is 11.3 Å². The van der Waals surface area contributed by atoms with Crippen LogP contribution in [0, 0.1) is 0 Å². The van der Waals surface area contributed by atoms with Gasteiger partial charge in [-0.1, -0.05) is 41.1 Å². The molecule has 0 atom stereocenters. The molecule has 5 heteroatoms. The SMILES string of the molecule is CCCOc1cccc(C(=O)NCc2ccc(-c3ccc(Br)cc3)o2)c1. The average Bonchev–Trinajstić information content (AvgIpc) is 3.14. The van der Waals surface area contributed by atoms with Crippen molar-refractivity contribution >= 4 is 21.8 Å². The molecule has 0 aliphatic carbocycles. The Hall–Kier alpha value is -2.53. The molecular formula is C21H20BrNO3. The topological polar surface area (TPSA) is 51.5 Å². The molecule has 0 saturated heterocycles. The van der Waals surface area contributed by atoms with Gasteiger partial charge in [0.15, 0.2) is 0 Å². The van der Waals surface area contributed by atoms with Crippen LogP contribution in [0.5, 0.6) is 5.75 Å². The van der Waals surface area contributed by atoms with Crippen molar-refractivity contribution in [1.82, 2.24) is 5.32 Å². The summed E-state index contributed by atoms with van der Waals surface area (Å²) in [6, 6.07) is 18.9. The molecule has 2 aromatic carbocycles. The molecule has 3 rings (SSSR count). The highest BCUT2D eigenvalue weighted by Gasteiger charge is 2.09. The first kappa shape index (κ1) is 18.3. The first-order valence-corrected chi connectivity index (χ1v) is 9.30. The van der Waals surface area contributed by atoms with Gasteiger partial charge in [0.2, 0.25) is 0 Å². The highest BCUT2D eigenvalue weighted by Crippen LogP contribution is 2.24. The zero-order chi connectivity index (χ0) is 18.4. The molecule has 0 aliphatic rings. The number of hydrogen-bond donors (Lipinski definition) is 1. The van der Waals surface area contributed by atoms with E-state index in [1.165, 1.54) is 0 Å². The molecule has 0 fully saturated rings. The lowest BCUT2D eigenvalue weighted by Crippen LogP contribution is -2.22. The Kier molecular flexibility index (Phi) is 6.12. The second kappa shape index (κ2) is 8.72. The van der Waals surface area contributed by atoms with Crippen LogP contribution in [0.1, 0.15) is 29.5 Å². The summed E-state index contributed by atoms with van der Waals surface area (Å²) >= 11 is 3.42. The summed E-state index contributed by atoms with van der Waals surface area (Å²) < 4.78 is 12.4. The zero-order valence-corrected chi connectivity index (χ0v) is 16.1. The number of furan rings is 1. The highest BCUT2D eigenvalue weighted by molar-refractivity contribution is 9.10. The predicted octanol–water partition coefficient (Wildman–Crippen LogP) is 5.43. The van der Waals surface area contributed by atoms with Crippen molar-refractivity contribution in [1.29, 1.82) is 0 Å². The first-order chi connectivity index (χ1) is 12.7. The monoisotopic (exact) mass is 413 g/mol. The number of benzene rings is 2. The van der Waals surface area contributed by atoms with Crippen molar-refractivity contribution in [3.8, 4) is 17.1 Å². The fourth-order valence-electron chi connectivity index (χ4n) is 2.46.